The van der Waals surface area contributed by atoms with Gasteiger partial charge in [-0.25, -0.2) is 4.79 Å². The van der Waals surface area contributed by atoms with Gasteiger partial charge in [0.15, 0.2) is 5.56 Å². The summed E-state index contributed by atoms with van der Waals surface area (Å²) in [6.45, 7) is 1.82. The number of carbonyl (C=O) groups excluding carboxylic acids is 2. The Kier molecular flexibility index (Phi) is 7.15. The van der Waals surface area contributed by atoms with Crippen molar-refractivity contribution >= 4 is 58.6 Å². The highest BCUT2D eigenvalue weighted by Crippen LogP contribution is 2.30. The molecule has 0 saturated heterocycles. The molecule has 0 aliphatic heterocycles. The molecule has 2 aromatic carbocycles. The molecule has 0 fully saturated rings. The molecular formula is C21H15Cl3N2O4. The van der Waals surface area contributed by atoms with Gasteiger partial charge in [0.05, 0.1) is 16.7 Å². The molecule has 1 heterocycles. The van der Waals surface area contributed by atoms with Crippen LogP contribution in [0.25, 0.3) is 17.3 Å². The molecule has 0 unspecified atom stereocenters. The number of benzene rings is 2. The van der Waals surface area contributed by atoms with Gasteiger partial charge in [-0.1, -0.05) is 58.2 Å². The van der Waals surface area contributed by atoms with Crippen molar-refractivity contribution in [3.05, 3.63) is 74.7 Å². The Labute approximate surface area is 187 Å². The third kappa shape index (κ3) is 5.21. The van der Waals surface area contributed by atoms with Gasteiger partial charge < -0.3 is 9.26 Å². The molecule has 1 N–H and O–H groups in total. The Bertz CT molecular complexity index is 1110. The zero-order valence-corrected chi connectivity index (χ0v) is 17.9. The predicted octanol–water partition coefficient (Wildman–Crippen LogP) is 6.13. The van der Waals surface area contributed by atoms with Crippen LogP contribution in [0.15, 0.2) is 53.1 Å². The first-order valence-corrected chi connectivity index (χ1v) is 9.89. The number of anilines is 1. The van der Waals surface area contributed by atoms with Crippen molar-refractivity contribution in [2.75, 3.05) is 11.9 Å². The third-order valence-electron chi connectivity index (χ3n) is 3.90. The van der Waals surface area contributed by atoms with Crippen molar-refractivity contribution in [3.8, 4) is 11.3 Å². The Balaban J connectivity index is 1.86. The maximum absolute atomic E-state index is 12.5. The zero-order chi connectivity index (χ0) is 21.7. The largest absolute Gasteiger partial charge is 0.462 e. The van der Waals surface area contributed by atoms with E-state index in [0.29, 0.717) is 26.2 Å². The van der Waals surface area contributed by atoms with E-state index in [-0.39, 0.29) is 23.7 Å². The Morgan fingerprint density at radius 1 is 1.10 bits per heavy atom. The monoisotopic (exact) mass is 464 g/mol. The van der Waals surface area contributed by atoms with Gasteiger partial charge in [-0.15, -0.1) is 0 Å². The number of hydrogen-bond donors (Lipinski definition) is 1. The summed E-state index contributed by atoms with van der Waals surface area (Å²) >= 11 is 17.8. The van der Waals surface area contributed by atoms with Crippen LogP contribution in [0.1, 0.15) is 22.8 Å². The minimum absolute atomic E-state index is 0.00969. The van der Waals surface area contributed by atoms with E-state index in [0.717, 1.165) is 0 Å². The minimum Gasteiger partial charge on any atom is -0.462 e. The van der Waals surface area contributed by atoms with Crippen LogP contribution in [0.4, 0.5) is 5.88 Å². The van der Waals surface area contributed by atoms with Crippen molar-refractivity contribution in [2.45, 2.75) is 6.92 Å². The summed E-state index contributed by atoms with van der Waals surface area (Å²) in [5.41, 5.74) is 1.49. The quantitative estimate of drug-likeness (QED) is 0.350. The molecule has 0 aliphatic carbocycles. The predicted molar refractivity (Wildman–Crippen MR) is 117 cm³/mol. The number of hydrogen-bond acceptors (Lipinski definition) is 5. The Morgan fingerprint density at radius 2 is 1.83 bits per heavy atom. The van der Waals surface area contributed by atoms with Crippen LogP contribution in [0.5, 0.6) is 0 Å². The normalized spacial score (nSPS) is 10.9. The van der Waals surface area contributed by atoms with Crippen LogP contribution in [-0.2, 0) is 9.53 Å². The van der Waals surface area contributed by atoms with Crippen molar-refractivity contribution in [3.63, 3.8) is 0 Å². The lowest BCUT2D eigenvalue weighted by molar-refractivity contribution is -0.112. The highest BCUT2D eigenvalue weighted by atomic mass is 35.5. The first kappa shape index (κ1) is 21.9. The Morgan fingerprint density at radius 3 is 2.50 bits per heavy atom. The number of carbonyl (C=O) groups is 2. The fourth-order valence-electron chi connectivity index (χ4n) is 2.51. The molecule has 30 heavy (non-hydrogen) atoms. The molecule has 0 saturated carbocycles. The van der Waals surface area contributed by atoms with E-state index in [2.05, 4.69) is 10.5 Å². The van der Waals surface area contributed by atoms with E-state index in [1.807, 2.05) is 0 Å². The Hall–Kier alpha value is -2.80. The lowest BCUT2D eigenvalue weighted by atomic mass is 10.1. The molecule has 0 spiro atoms. The zero-order valence-electron chi connectivity index (χ0n) is 15.6. The van der Waals surface area contributed by atoms with Gasteiger partial charge in [0.1, 0.15) is 5.69 Å². The second-order valence-electron chi connectivity index (χ2n) is 5.96. The number of halogens is 3. The van der Waals surface area contributed by atoms with Gasteiger partial charge in [0, 0.05) is 16.7 Å². The second-order valence-corrected chi connectivity index (χ2v) is 7.21. The average molecular weight is 466 g/mol. The van der Waals surface area contributed by atoms with Crippen LogP contribution >= 0.6 is 34.8 Å². The molecule has 6 nitrogen and oxygen atoms in total. The molecule has 9 heteroatoms. The van der Waals surface area contributed by atoms with E-state index in [1.165, 1.54) is 12.2 Å². The van der Waals surface area contributed by atoms with E-state index in [4.69, 9.17) is 44.1 Å². The van der Waals surface area contributed by atoms with Gasteiger partial charge in [-0.05, 0) is 42.8 Å². The molecule has 1 aromatic heterocycles. The number of ether oxygens (including phenoxy) is 1. The first-order valence-electron chi connectivity index (χ1n) is 8.76. The number of esters is 1. The number of rotatable bonds is 6. The summed E-state index contributed by atoms with van der Waals surface area (Å²) in [6, 6.07) is 11.6. The summed E-state index contributed by atoms with van der Waals surface area (Å²) in [6.07, 6.45) is 2.80. The fraction of sp³-hybridized carbons (Fsp3) is 0.0952. The van der Waals surface area contributed by atoms with Crippen molar-refractivity contribution in [2.24, 2.45) is 0 Å². The average Bonchev–Trinajstić information content (AvgIpc) is 3.13. The van der Waals surface area contributed by atoms with Crippen molar-refractivity contribution < 1.29 is 18.8 Å². The third-order valence-corrected chi connectivity index (χ3v) is 4.89. The van der Waals surface area contributed by atoms with E-state index in [9.17, 15) is 9.59 Å². The number of nitrogens with one attached hydrogen (secondary N) is 1. The standard InChI is InChI=1S/C21H15Cl3N2O4/c1-2-29-21(28)18-19(13-5-7-14(22)8-6-13)26-30-20(18)25-17(27)10-4-12-3-9-15(23)16(24)11-12/h3-11H,2H2,1H3,(H,25,27)/b10-4+. The molecule has 154 valence electrons. The number of aromatic nitrogens is 1. The van der Waals surface area contributed by atoms with Gasteiger partial charge in [-0.2, -0.15) is 0 Å². The summed E-state index contributed by atoms with van der Waals surface area (Å²) in [7, 11) is 0. The SMILES string of the molecule is CCOC(=O)c1c(-c2ccc(Cl)cc2)noc1NC(=O)/C=C/c1ccc(Cl)c(Cl)c1. The molecule has 3 rings (SSSR count). The number of nitrogens with zero attached hydrogens (tertiary/aromatic N) is 1. The van der Waals surface area contributed by atoms with Crippen LogP contribution in [-0.4, -0.2) is 23.6 Å². The molecule has 0 bridgehead atoms. The smallest absolute Gasteiger partial charge is 0.346 e. The van der Waals surface area contributed by atoms with Crippen LogP contribution in [0.3, 0.4) is 0 Å². The maximum atomic E-state index is 12.5. The van der Waals surface area contributed by atoms with Crippen molar-refractivity contribution in [1.29, 1.82) is 0 Å². The molecular weight excluding hydrogens is 451 g/mol. The van der Waals surface area contributed by atoms with E-state index in [1.54, 1.807) is 49.4 Å². The van der Waals surface area contributed by atoms with Gasteiger partial charge in [0.2, 0.25) is 5.88 Å². The van der Waals surface area contributed by atoms with Crippen LogP contribution in [0, 0.1) is 0 Å². The molecule has 0 radical (unpaired) electrons. The fourth-order valence-corrected chi connectivity index (χ4v) is 2.95. The van der Waals surface area contributed by atoms with E-state index < -0.39 is 11.9 Å². The number of amides is 1. The second kappa shape index (κ2) is 9.80. The van der Waals surface area contributed by atoms with Gasteiger partial charge in [-0.3, -0.25) is 10.1 Å². The summed E-state index contributed by atoms with van der Waals surface area (Å²) in [5.74, 6) is -1.33. The highest BCUT2D eigenvalue weighted by molar-refractivity contribution is 6.42. The lowest BCUT2D eigenvalue weighted by Gasteiger charge is -2.04. The molecule has 0 aliphatic rings. The van der Waals surface area contributed by atoms with Gasteiger partial charge in [0.25, 0.3) is 5.91 Å². The van der Waals surface area contributed by atoms with Crippen LogP contribution in [0.2, 0.25) is 15.1 Å². The van der Waals surface area contributed by atoms with Crippen molar-refractivity contribution in [1.82, 2.24) is 5.16 Å². The molecule has 0 atom stereocenters. The first-order chi connectivity index (χ1) is 14.4. The van der Waals surface area contributed by atoms with Gasteiger partial charge >= 0.3 is 5.97 Å². The highest BCUT2D eigenvalue weighted by Gasteiger charge is 2.26. The molecule has 1 amide bonds. The summed E-state index contributed by atoms with van der Waals surface area (Å²) in [4.78, 5) is 24.8. The van der Waals surface area contributed by atoms with Crippen LogP contribution < -0.4 is 5.32 Å². The topological polar surface area (TPSA) is 81.4 Å². The van der Waals surface area contributed by atoms with E-state index >= 15 is 0 Å². The minimum atomic E-state index is -0.674. The summed E-state index contributed by atoms with van der Waals surface area (Å²) in [5, 5.41) is 7.74. The summed E-state index contributed by atoms with van der Waals surface area (Å²) < 4.78 is 10.3. The lowest BCUT2D eigenvalue weighted by Crippen LogP contribution is -2.13. The maximum Gasteiger partial charge on any atom is 0.346 e. The molecule has 3 aromatic rings.